The zero-order chi connectivity index (χ0) is 24.4. The third kappa shape index (κ3) is 15.3. The highest BCUT2D eigenvalue weighted by molar-refractivity contribution is 5.78. The molecule has 1 aromatic rings. The van der Waals surface area contributed by atoms with E-state index in [9.17, 15) is 9.90 Å². The fourth-order valence-electron chi connectivity index (χ4n) is 4.62. The lowest BCUT2D eigenvalue weighted by molar-refractivity contribution is -0.119. The number of hydrogen-bond donors (Lipinski definition) is 1. The summed E-state index contributed by atoms with van der Waals surface area (Å²) in [6.45, 7) is 8.60. The molecular formula is C31H54O2. The number of phenolic OH excluding ortho intramolecular Hbond substituents is 1. The van der Waals surface area contributed by atoms with Gasteiger partial charge in [-0.2, -0.15) is 0 Å². The summed E-state index contributed by atoms with van der Waals surface area (Å²) < 4.78 is 0. The molecule has 0 unspecified atom stereocenters. The van der Waals surface area contributed by atoms with E-state index in [1.807, 2.05) is 6.07 Å². The fraction of sp³-hybridized carbons (Fsp3) is 0.774. The topological polar surface area (TPSA) is 37.3 Å². The maximum absolute atomic E-state index is 12.3. The Morgan fingerprint density at radius 1 is 0.697 bits per heavy atom. The van der Waals surface area contributed by atoms with E-state index in [1.165, 1.54) is 96.3 Å². The number of unbranched alkanes of at least 4 members (excludes halogenated alkanes) is 15. The molecule has 0 aliphatic carbocycles. The molecular weight excluding hydrogens is 404 g/mol. The lowest BCUT2D eigenvalue weighted by Crippen LogP contribution is -2.12. The maximum atomic E-state index is 12.3. The van der Waals surface area contributed by atoms with Crippen LogP contribution in [0.1, 0.15) is 154 Å². The van der Waals surface area contributed by atoms with Gasteiger partial charge in [0.1, 0.15) is 11.5 Å². The molecule has 0 aromatic heterocycles. The summed E-state index contributed by atoms with van der Waals surface area (Å²) in [4.78, 5) is 12.3. The van der Waals surface area contributed by atoms with E-state index < -0.39 is 0 Å². The summed E-state index contributed by atoms with van der Waals surface area (Å²) in [6.07, 6.45) is 23.9. The molecule has 2 heteroatoms. The number of rotatable bonds is 20. The second-order valence-electron chi connectivity index (χ2n) is 11.2. The van der Waals surface area contributed by atoms with Crippen molar-refractivity contribution in [2.45, 2.75) is 155 Å². The molecule has 1 N–H and O–H groups in total. The summed E-state index contributed by atoms with van der Waals surface area (Å²) in [6, 6.07) is 5.79. The zero-order valence-electron chi connectivity index (χ0n) is 22.5. The van der Waals surface area contributed by atoms with E-state index in [2.05, 4.69) is 33.8 Å². The Bertz CT molecular complexity index is 626. The summed E-state index contributed by atoms with van der Waals surface area (Å²) in [5.74, 6) is 0.733. The van der Waals surface area contributed by atoms with Crippen LogP contribution >= 0.6 is 0 Å². The van der Waals surface area contributed by atoms with Crippen LogP contribution in [-0.4, -0.2) is 10.9 Å². The minimum Gasteiger partial charge on any atom is -0.508 e. The van der Waals surface area contributed by atoms with Gasteiger partial charge in [-0.3, -0.25) is 4.79 Å². The summed E-state index contributed by atoms with van der Waals surface area (Å²) >= 11 is 0. The van der Waals surface area contributed by atoms with Crippen molar-refractivity contribution >= 4 is 5.78 Å². The number of benzene rings is 1. The van der Waals surface area contributed by atoms with E-state index in [0.29, 0.717) is 18.0 Å². The molecule has 0 bridgehead atoms. The Morgan fingerprint density at radius 2 is 1.15 bits per heavy atom. The zero-order valence-corrected chi connectivity index (χ0v) is 22.5. The fourth-order valence-corrected chi connectivity index (χ4v) is 4.62. The molecule has 1 rings (SSSR count). The number of Topliss-reactive ketones (excluding diaryl/α,β-unsaturated/α-hetero) is 1. The van der Waals surface area contributed by atoms with Gasteiger partial charge in [0, 0.05) is 12.8 Å². The second kappa shape index (κ2) is 18.1. The summed E-state index contributed by atoms with van der Waals surface area (Å²) in [5, 5.41) is 10.1. The average Bonchev–Trinajstić information content (AvgIpc) is 2.77. The molecule has 0 aliphatic rings. The van der Waals surface area contributed by atoms with Crippen LogP contribution < -0.4 is 0 Å². The highest BCUT2D eigenvalue weighted by Crippen LogP contribution is 2.31. The second-order valence-corrected chi connectivity index (χ2v) is 11.2. The Morgan fingerprint density at radius 3 is 1.61 bits per heavy atom. The third-order valence-corrected chi connectivity index (χ3v) is 6.87. The van der Waals surface area contributed by atoms with Crippen molar-refractivity contribution in [2.75, 3.05) is 0 Å². The van der Waals surface area contributed by atoms with Crippen molar-refractivity contribution in [3.63, 3.8) is 0 Å². The molecule has 1 aromatic carbocycles. The molecule has 0 radical (unpaired) electrons. The number of carbonyl (C=O) groups is 1. The minimum absolute atomic E-state index is 0.0857. The molecule has 0 fully saturated rings. The van der Waals surface area contributed by atoms with Crippen LogP contribution in [0.25, 0.3) is 0 Å². The predicted molar refractivity (Wildman–Crippen MR) is 144 cm³/mol. The Kier molecular flexibility index (Phi) is 16.3. The molecule has 0 spiro atoms. The standard InChI is InChI=1S/C31H54O2/c1-5-6-7-8-9-10-11-12-13-14-15-16-17-18-19-20-21-28(32)24-22-27-23-25-30(33)29(26-27)31(2,3)4/h23,25-26,33H,5-22,24H2,1-4H3. The first-order chi connectivity index (χ1) is 15.8. The normalized spacial score (nSPS) is 11.8. The van der Waals surface area contributed by atoms with Crippen LogP contribution in [0.5, 0.6) is 5.75 Å². The van der Waals surface area contributed by atoms with E-state index in [0.717, 1.165) is 30.4 Å². The van der Waals surface area contributed by atoms with Crippen LogP contribution in [0, 0.1) is 0 Å². The van der Waals surface area contributed by atoms with Crippen LogP contribution in [0.2, 0.25) is 0 Å². The van der Waals surface area contributed by atoms with Crippen LogP contribution in [0.4, 0.5) is 0 Å². The van der Waals surface area contributed by atoms with Gasteiger partial charge >= 0.3 is 0 Å². The first kappa shape index (κ1) is 29.7. The van der Waals surface area contributed by atoms with Gasteiger partial charge in [-0.05, 0) is 35.4 Å². The van der Waals surface area contributed by atoms with Gasteiger partial charge in [0.2, 0.25) is 0 Å². The number of aryl methyl sites for hydroxylation is 1. The minimum atomic E-state index is -0.0857. The van der Waals surface area contributed by atoms with Crippen molar-refractivity contribution in [3.05, 3.63) is 29.3 Å². The molecule has 0 aliphatic heterocycles. The van der Waals surface area contributed by atoms with Crippen LogP contribution in [-0.2, 0) is 16.6 Å². The lowest BCUT2D eigenvalue weighted by Gasteiger charge is -2.21. The Labute approximate surface area is 206 Å². The molecule has 0 atom stereocenters. The van der Waals surface area contributed by atoms with Crippen molar-refractivity contribution in [1.29, 1.82) is 0 Å². The van der Waals surface area contributed by atoms with Gasteiger partial charge in [0.25, 0.3) is 0 Å². The maximum Gasteiger partial charge on any atom is 0.133 e. The Balaban J connectivity index is 1.95. The highest BCUT2D eigenvalue weighted by Gasteiger charge is 2.18. The van der Waals surface area contributed by atoms with Crippen LogP contribution in [0.15, 0.2) is 18.2 Å². The van der Waals surface area contributed by atoms with E-state index in [1.54, 1.807) is 6.07 Å². The summed E-state index contributed by atoms with van der Waals surface area (Å²) in [5.41, 5.74) is 2.03. The van der Waals surface area contributed by atoms with Gasteiger partial charge in [-0.15, -0.1) is 0 Å². The first-order valence-corrected chi connectivity index (χ1v) is 14.2. The quantitative estimate of drug-likeness (QED) is 0.197. The lowest BCUT2D eigenvalue weighted by atomic mass is 9.85. The average molecular weight is 459 g/mol. The molecule has 33 heavy (non-hydrogen) atoms. The monoisotopic (exact) mass is 458 g/mol. The number of ketones is 1. The predicted octanol–water partition coefficient (Wildman–Crippen LogP) is 9.84. The number of hydrogen-bond acceptors (Lipinski definition) is 2. The van der Waals surface area contributed by atoms with E-state index in [-0.39, 0.29) is 5.41 Å². The molecule has 0 saturated carbocycles. The van der Waals surface area contributed by atoms with Gasteiger partial charge in [0.15, 0.2) is 0 Å². The van der Waals surface area contributed by atoms with E-state index in [4.69, 9.17) is 0 Å². The van der Waals surface area contributed by atoms with Crippen molar-refractivity contribution in [1.82, 2.24) is 0 Å². The number of carbonyl (C=O) groups excluding carboxylic acids is 1. The van der Waals surface area contributed by atoms with Gasteiger partial charge in [-0.25, -0.2) is 0 Å². The highest BCUT2D eigenvalue weighted by atomic mass is 16.3. The van der Waals surface area contributed by atoms with Crippen molar-refractivity contribution < 1.29 is 9.90 Å². The van der Waals surface area contributed by atoms with E-state index >= 15 is 0 Å². The molecule has 0 saturated heterocycles. The first-order valence-electron chi connectivity index (χ1n) is 14.2. The van der Waals surface area contributed by atoms with Crippen molar-refractivity contribution in [3.8, 4) is 5.75 Å². The SMILES string of the molecule is CCCCCCCCCCCCCCCCCCC(=O)CCc1ccc(O)c(C(C)(C)C)c1. The van der Waals surface area contributed by atoms with Crippen LogP contribution in [0.3, 0.4) is 0 Å². The molecule has 190 valence electrons. The third-order valence-electron chi connectivity index (χ3n) is 6.87. The molecule has 0 heterocycles. The van der Waals surface area contributed by atoms with Gasteiger partial charge in [0.05, 0.1) is 0 Å². The summed E-state index contributed by atoms with van der Waals surface area (Å²) in [7, 11) is 0. The smallest absolute Gasteiger partial charge is 0.133 e. The number of aromatic hydroxyl groups is 1. The van der Waals surface area contributed by atoms with Gasteiger partial charge < -0.3 is 5.11 Å². The largest absolute Gasteiger partial charge is 0.508 e. The Hall–Kier alpha value is -1.31. The van der Waals surface area contributed by atoms with Crippen molar-refractivity contribution in [2.24, 2.45) is 0 Å². The molecule has 2 nitrogen and oxygen atoms in total. The molecule has 0 amide bonds. The number of phenols is 1. The van der Waals surface area contributed by atoms with Gasteiger partial charge in [-0.1, -0.05) is 136 Å².